The second-order valence-electron chi connectivity index (χ2n) is 4.82. The molecule has 0 fully saturated rings. The number of aromatic nitrogens is 2. The molecule has 1 atom stereocenters. The van der Waals surface area contributed by atoms with Crippen LogP contribution >= 0.6 is 0 Å². The summed E-state index contributed by atoms with van der Waals surface area (Å²) < 4.78 is 2.08. The standard InChI is InChI=1S/C15H21N3/c1-12-4-5-15(10-13(12)2)14(3)17-7-9-18-8-6-16-11-18/h4-6,8,10-11,14,17H,7,9H2,1-3H3. The van der Waals surface area contributed by atoms with Crippen LogP contribution in [0.25, 0.3) is 0 Å². The predicted octanol–water partition coefficient (Wildman–Crippen LogP) is 2.85. The Morgan fingerprint density at radius 3 is 2.78 bits per heavy atom. The van der Waals surface area contributed by atoms with E-state index in [4.69, 9.17) is 0 Å². The average molecular weight is 243 g/mol. The molecule has 3 heteroatoms. The van der Waals surface area contributed by atoms with Gasteiger partial charge in [-0.15, -0.1) is 0 Å². The minimum Gasteiger partial charge on any atom is -0.336 e. The average Bonchev–Trinajstić information content (AvgIpc) is 2.85. The largest absolute Gasteiger partial charge is 0.336 e. The van der Waals surface area contributed by atoms with Gasteiger partial charge in [0, 0.05) is 31.5 Å². The Labute approximate surface area is 109 Å². The Kier molecular flexibility index (Phi) is 4.15. The van der Waals surface area contributed by atoms with Gasteiger partial charge in [-0.3, -0.25) is 0 Å². The lowest BCUT2D eigenvalue weighted by atomic mass is 10.0. The first-order valence-corrected chi connectivity index (χ1v) is 6.43. The highest BCUT2D eigenvalue weighted by Gasteiger charge is 2.05. The SMILES string of the molecule is Cc1ccc(C(C)NCCn2ccnc2)cc1C. The minimum absolute atomic E-state index is 0.382. The van der Waals surface area contributed by atoms with Gasteiger partial charge in [-0.05, 0) is 37.5 Å². The van der Waals surface area contributed by atoms with E-state index in [1.165, 1.54) is 16.7 Å². The molecule has 0 aliphatic carbocycles. The molecule has 1 unspecified atom stereocenters. The zero-order valence-corrected chi connectivity index (χ0v) is 11.4. The summed E-state index contributed by atoms with van der Waals surface area (Å²) in [5.74, 6) is 0. The predicted molar refractivity (Wildman–Crippen MR) is 74.6 cm³/mol. The van der Waals surface area contributed by atoms with Crippen molar-refractivity contribution >= 4 is 0 Å². The highest BCUT2D eigenvalue weighted by molar-refractivity contribution is 5.31. The van der Waals surface area contributed by atoms with Crippen LogP contribution < -0.4 is 5.32 Å². The van der Waals surface area contributed by atoms with Crippen LogP contribution in [0, 0.1) is 13.8 Å². The summed E-state index contributed by atoms with van der Waals surface area (Å²) in [7, 11) is 0. The van der Waals surface area contributed by atoms with Gasteiger partial charge >= 0.3 is 0 Å². The van der Waals surface area contributed by atoms with Gasteiger partial charge in [0.15, 0.2) is 0 Å². The van der Waals surface area contributed by atoms with Crippen molar-refractivity contribution in [1.82, 2.24) is 14.9 Å². The normalized spacial score (nSPS) is 12.6. The van der Waals surface area contributed by atoms with Gasteiger partial charge in [-0.1, -0.05) is 18.2 Å². The van der Waals surface area contributed by atoms with Crippen molar-refractivity contribution in [3.63, 3.8) is 0 Å². The van der Waals surface area contributed by atoms with Crippen molar-refractivity contribution in [3.05, 3.63) is 53.6 Å². The van der Waals surface area contributed by atoms with Gasteiger partial charge in [-0.2, -0.15) is 0 Å². The van der Waals surface area contributed by atoms with Crippen molar-refractivity contribution in [2.24, 2.45) is 0 Å². The summed E-state index contributed by atoms with van der Waals surface area (Å²) in [5.41, 5.74) is 4.06. The van der Waals surface area contributed by atoms with E-state index in [-0.39, 0.29) is 0 Å². The van der Waals surface area contributed by atoms with Gasteiger partial charge in [0.25, 0.3) is 0 Å². The van der Waals surface area contributed by atoms with Gasteiger partial charge in [0.1, 0.15) is 0 Å². The zero-order valence-electron chi connectivity index (χ0n) is 11.4. The molecule has 2 rings (SSSR count). The van der Waals surface area contributed by atoms with Crippen LogP contribution in [-0.4, -0.2) is 16.1 Å². The highest BCUT2D eigenvalue weighted by atomic mass is 15.0. The van der Waals surface area contributed by atoms with E-state index in [0.717, 1.165) is 13.1 Å². The second-order valence-corrected chi connectivity index (χ2v) is 4.82. The van der Waals surface area contributed by atoms with Crippen molar-refractivity contribution in [2.75, 3.05) is 6.54 Å². The molecule has 2 aromatic rings. The van der Waals surface area contributed by atoms with E-state index in [2.05, 4.69) is 53.8 Å². The van der Waals surface area contributed by atoms with E-state index < -0.39 is 0 Å². The third kappa shape index (κ3) is 3.20. The fourth-order valence-electron chi connectivity index (χ4n) is 1.98. The van der Waals surface area contributed by atoms with Crippen molar-refractivity contribution < 1.29 is 0 Å². The first kappa shape index (κ1) is 12.8. The molecule has 1 heterocycles. The molecule has 0 spiro atoms. The Hall–Kier alpha value is -1.61. The molecule has 0 saturated heterocycles. The Morgan fingerprint density at radius 1 is 1.28 bits per heavy atom. The van der Waals surface area contributed by atoms with Crippen molar-refractivity contribution in [3.8, 4) is 0 Å². The lowest BCUT2D eigenvalue weighted by molar-refractivity contribution is 0.531. The fourth-order valence-corrected chi connectivity index (χ4v) is 1.98. The molecule has 0 amide bonds. The molecular formula is C15H21N3. The number of hydrogen-bond donors (Lipinski definition) is 1. The van der Waals surface area contributed by atoms with E-state index >= 15 is 0 Å². The molecule has 0 aliphatic heterocycles. The van der Waals surface area contributed by atoms with Crippen molar-refractivity contribution in [1.29, 1.82) is 0 Å². The lowest BCUT2D eigenvalue weighted by Gasteiger charge is -2.15. The van der Waals surface area contributed by atoms with Crippen molar-refractivity contribution in [2.45, 2.75) is 33.4 Å². The van der Waals surface area contributed by atoms with Gasteiger partial charge < -0.3 is 9.88 Å². The molecule has 0 saturated carbocycles. The van der Waals surface area contributed by atoms with Gasteiger partial charge in [0.2, 0.25) is 0 Å². The smallest absolute Gasteiger partial charge is 0.0946 e. The maximum absolute atomic E-state index is 4.03. The molecule has 1 N–H and O–H groups in total. The maximum Gasteiger partial charge on any atom is 0.0946 e. The second kappa shape index (κ2) is 5.83. The van der Waals surface area contributed by atoms with Crippen LogP contribution in [0.1, 0.15) is 29.7 Å². The first-order chi connectivity index (χ1) is 8.66. The summed E-state index contributed by atoms with van der Waals surface area (Å²) in [4.78, 5) is 4.03. The topological polar surface area (TPSA) is 29.9 Å². The summed E-state index contributed by atoms with van der Waals surface area (Å²) in [6.45, 7) is 8.42. The third-order valence-corrected chi connectivity index (χ3v) is 3.41. The van der Waals surface area contributed by atoms with Crippen LogP contribution in [-0.2, 0) is 6.54 Å². The molecule has 1 aromatic carbocycles. The molecule has 96 valence electrons. The number of nitrogens with one attached hydrogen (secondary N) is 1. The van der Waals surface area contributed by atoms with Crippen LogP contribution in [0.2, 0.25) is 0 Å². The molecule has 3 nitrogen and oxygen atoms in total. The van der Waals surface area contributed by atoms with Crippen LogP contribution in [0.15, 0.2) is 36.9 Å². The Bertz CT molecular complexity index is 488. The molecular weight excluding hydrogens is 222 g/mol. The Balaban J connectivity index is 1.87. The summed E-state index contributed by atoms with van der Waals surface area (Å²) in [6, 6.07) is 7.05. The number of hydrogen-bond acceptors (Lipinski definition) is 2. The number of imidazole rings is 1. The van der Waals surface area contributed by atoms with E-state index in [0.29, 0.717) is 6.04 Å². The summed E-state index contributed by atoms with van der Waals surface area (Å²) in [6.07, 6.45) is 5.65. The van der Waals surface area contributed by atoms with Gasteiger partial charge in [-0.25, -0.2) is 4.98 Å². The molecule has 0 aliphatic rings. The Morgan fingerprint density at radius 2 is 2.11 bits per heavy atom. The molecule has 1 aromatic heterocycles. The molecule has 0 radical (unpaired) electrons. The zero-order chi connectivity index (χ0) is 13.0. The molecule has 0 bridgehead atoms. The van der Waals surface area contributed by atoms with E-state index in [9.17, 15) is 0 Å². The fraction of sp³-hybridized carbons (Fsp3) is 0.400. The number of benzene rings is 1. The minimum atomic E-state index is 0.382. The number of rotatable bonds is 5. The quantitative estimate of drug-likeness (QED) is 0.875. The molecule has 18 heavy (non-hydrogen) atoms. The number of aryl methyl sites for hydroxylation is 2. The van der Waals surface area contributed by atoms with Crippen LogP contribution in [0.5, 0.6) is 0 Å². The van der Waals surface area contributed by atoms with Crippen LogP contribution in [0.3, 0.4) is 0 Å². The highest BCUT2D eigenvalue weighted by Crippen LogP contribution is 2.16. The maximum atomic E-state index is 4.03. The van der Waals surface area contributed by atoms with Gasteiger partial charge in [0.05, 0.1) is 6.33 Å². The summed E-state index contributed by atoms with van der Waals surface area (Å²) in [5, 5.41) is 3.54. The first-order valence-electron chi connectivity index (χ1n) is 6.43. The lowest BCUT2D eigenvalue weighted by Crippen LogP contribution is -2.23. The summed E-state index contributed by atoms with van der Waals surface area (Å²) >= 11 is 0. The van der Waals surface area contributed by atoms with Crippen LogP contribution in [0.4, 0.5) is 0 Å². The monoisotopic (exact) mass is 243 g/mol. The number of nitrogens with zero attached hydrogens (tertiary/aromatic N) is 2. The van der Waals surface area contributed by atoms with E-state index in [1.807, 2.05) is 18.7 Å². The third-order valence-electron chi connectivity index (χ3n) is 3.41. The van der Waals surface area contributed by atoms with E-state index in [1.54, 1.807) is 0 Å².